The smallest absolute Gasteiger partial charge is 0.158 e. The minimum Gasteiger partial charge on any atom is -0.354 e. The molecule has 1 saturated heterocycles. The maximum Gasteiger partial charge on any atom is 0.158 e. The van der Waals surface area contributed by atoms with Gasteiger partial charge in [0, 0.05) is 50.0 Å². The molecule has 2 aromatic heterocycles. The van der Waals surface area contributed by atoms with Crippen LogP contribution in [0.5, 0.6) is 0 Å². The lowest BCUT2D eigenvalue weighted by Gasteiger charge is -2.35. The van der Waals surface area contributed by atoms with Crippen molar-refractivity contribution in [2.24, 2.45) is 0 Å². The van der Waals surface area contributed by atoms with Gasteiger partial charge in [0.25, 0.3) is 0 Å². The van der Waals surface area contributed by atoms with E-state index < -0.39 is 0 Å². The van der Waals surface area contributed by atoms with Crippen LogP contribution in [0, 0.1) is 6.92 Å². The van der Waals surface area contributed by atoms with Crippen LogP contribution in [-0.4, -0.2) is 50.8 Å². The Kier molecular flexibility index (Phi) is 4.86. The van der Waals surface area contributed by atoms with Crippen LogP contribution < -0.4 is 4.90 Å². The zero-order chi connectivity index (χ0) is 17.9. The van der Waals surface area contributed by atoms with Gasteiger partial charge in [-0.2, -0.15) is 5.10 Å². The number of nitrogens with zero attached hydrogens (tertiary/aromatic N) is 6. The summed E-state index contributed by atoms with van der Waals surface area (Å²) in [6.07, 6.45) is 3.53. The van der Waals surface area contributed by atoms with Crippen LogP contribution in [0.1, 0.15) is 11.3 Å². The Morgan fingerprint density at radius 3 is 2.50 bits per heavy atom. The Balaban J connectivity index is 1.41. The standard InChI is InChI=1S/C19H21ClN6/c1-15-6-7-26(23-15)19-12-18(21-14-22-19)25-10-8-24(9-11-25)13-16-4-2-3-5-17(16)20/h2-7,12,14H,8-11,13H2,1H3. The third kappa shape index (κ3) is 3.71. The molecule has 3 aromatic rings. The molecule has 4 rings (SSSR count). The summed E-state index contributed by atoms with van der Waals surface area (Å²) in [6, 6.07) is 12.0. The average molecular weight is 369 g/mol. The summed E-state index contributed by atoms with van der Waals surface area (Å²) in [5.74, 6) is 1.74. The molecule has 134 valence electrons. The van der Waals surface area contributed by atoms with Gasteiger partial charge in [-0.1, -0.05) is 29.8 Å². The summed E-state index contributed by atoms with van der Waals surface area (Å²) in [5.41, 5.74) is 2.15. The topological polar surface area (TPSA) is 50.1 Å². The molecule has 7 heteroatoms. The molecule has 0 bridgehead atoms. The molecule has 3 heterocycles. The second-order valence-corrected chi connectivity index (χ2v) is 6.90. The van der Waals surface area contributed by atoms with Gasteiger partial charge >= 0.3 is 0 Å². The van der Waals surface area contributed by atoms with Gasteiger partial charge in [0.15, 0.2) is 5.82 Å². The highest BCUT2D eigenvalue weighted by Gasteiger charge is 2.19. The lowest BCUT2D eigenvalue weighted by atomic mass is 10.2. The number of hydrogen-bond acceptors (Lipinski definition) is 5. The number of aromatic nitrogens is 4. The molecule has 26 heavy (non-hydrogen) atoms. The summed E-state index contributed by atoms with van der Waals surface area (Å²) in [7, 11) is 0. The highest BCUT2D eigenvalue weighted by atomic mass is 35.5. The van der Waals surface area contributed by atoms with Crippen LogP contribution in [0.15, 0.2) is 48.9 Å². The first-order valence-electron chi connectivity index (χ1n) is 8.74. The van der Waals surface area contributed by atoms with E-state index in [4.69, 9.17) is 11.6 Å². The first-order chi connectivity index (χ1) is 12.7. The Morgan fingerprint density at radius 2 is 1.77 bits per heavy atom. The summed E-state index contributed by atoms with van der Waals surface area (Å²) in [4.78, 5) is 13.5. The normalized spacial score (nSPS) is 15.4. The fourth-order valence-electron chi connectivity index (χ4n) is 3.18. The Morgan fingerprint density at radius 1 is 1.00 bits per heavy atom. The van der Waals surface area contributed by atoms with Crippen molar-refractivity contribution in [1.82, 2.24) is 24.6 Å². The van der Waals surface area contributed by atoms with Crippen LogP contribution in [0.25, 0.3) is 5.82 Å². The molecule has 0 N–H and O–H groups in total. The Bertz CT molecular complexity index is 885. The third-order valence-electron chi connectivity index (χ3n) is 4.64. The molecule has 0 radical (unpaired) electrons. The maximum absolute atomic E-state index is 6.28. The fraction of sp³-hybridized carbons (Fsp3) is 0.316. The van der Waals surface area contributed by atoms with Crippen molar-refractivity contribution in [3.05, 3.63) is 65.2 Å². The largest absolute Gasteiger partial charge is 0.354 e. The number of hydrogen-bond donors (Lipinski definition) is 0. The van der Waals surface area contributed by atoms with Gasteiger partial charge in [0.1, 0.15) is 12.1 Å². The molecule has 0 amide bonds. The maximum atomic E-state index is 6.28. The van der Waals surface area contributed by atoms with Crippen LogP contribution in [0.3, 0.4) is 0 Å². The molecular formula is C19H21ClN6. The van der Waals surface area contributed by atoms with E-state index in [9.17, 15) is 0 Å². The summed E-state index contributed by atoms with van der Waals surface area (Å²) in [6.45, 7) is 6.67. The van der Waals surface area contributed by atoms with Gasteiger partial charge in [-0.15, -0.1) is 0 Å². The van der Waals surface area contributed by atoms with Crippen LogP contribution in [0.2, 0.25) is 5.02 Å². The van der Waals surface area contributed by atoms with E-state index in [1.807, 2.05) is 43.5 Å². The number of anilines is 1. The molecule has 0 spiro atoms. The van der Waals surface area contributed by atoms with Crippen molar-refractivity contribution in [2.45, 2.75) is 13.5 Å². The predicted molar refractivity (Wildman–Crippen MR) is 103 cm³/mol. The zero-order valence-corrected chi connectivity index (χ0v) is 15.5. The molecule has 1 fully saturated rings. The van der Waals surface area contributed by atoms with Gasteiger partial charge < -0.3 is 4.90 Å². The number of piperazine rings is 1. The minimum atomic E-state index is 0.793. The quantitative estimate of drug-likeness (QED) is 0.708. The lowest BCUT2D eigenvalue weighted by molar-refractivity contribution is 0.249. The molecule has 0 unspecified atom stereocenters. The average Bonchev–Trinajstić information content (AvgIpc) is 3.11. The van der Waals surface area contributed by atoms with E-state index >= 15 is 0 Å². The molecule has 0 saturated carbocycles. The molecule has 0 aliphatic carbocycles. The second kappa shape index (κ2) is 7.43. The first kappa shape index (κ1) is 17.0. The van der Waals surface area contributed by atoms with Crippen molar-refractivity contribution < 1.29 is 0 Å². The van der Waals surface area contributed by atoms with Crippen LogP contribution >= 0.6 is 11.6 Å². The van der Waals surface area contributed by atoms with Crippen molar-refractivity contribution in [2.75, 3.05) is 31.1 Å². The number of rotatable bonds is 4. The van der Waals surface area contributed by atoms with E-state index in [0.29, 0.717) is 0 Å². The highest BCUT2D eigenvalue weighted by molar-refractivity contribution is 6.31. The van der Waals surface area contributed by atoms with Gasteiger partial charge in [-0.3, -0.25) is 4.90 Å². The zero-order valence-electron chi connectivity index (χ0n) is 14.7. The highest BCUT2D eigenvalue weighted by Crippen LogP contribution is 2.20. The Hall–Kier alpha value is -2.44. The third-order valence-corrected chi connectivity index (χ3v) is 5.01. The van der Waals surface area contributed by atoms with Crippen molar-refractivity contribution >= 4 is 17.4 Å². The van der Waals surface area contributed by atoms with Gasteiger partial charge in [-0.05, 0) is 24.6 Å². The number of aryl methyl sites for hydroxylation is 1. The summed E-state index contributed by atoms with van der Waals surface area (Å²) >= 11 is 6.28. The van der Waals surface area contributed by atoms with Crippen molar-refractivity contribution in [3.63, 3.8) is 0 Å². The molecular weight excluding hydrogens is 348 g/mol. The molecule has 1 aliphatic heterocycles. The molecule has 1 aromatic carbocycles. The van der Waals surface area contributed by atoms with Gasteiger partial charge in [0.05, 0.1) is 5.69 Å². The molecule has 0 atom stereocenters. The van der Waals surface area contributed by atoms with Gasteiger partial charge in [0.2, 0.25) is 0 Å². The predicted octanol–water partition coefficient (Wildman–Crippen LogP) is 2.95. The second-order valence-electron chi connectivity index (χ2n) is 6.49. The SMILES string of the molecule is Cc1ccn(-c2cc(N3CCN(Cc4ccccc4Cl)CC3)ncn2)n1. The molecule has 1 aliphatic rings. The summed E-state index contributed by atoms with van der Waals surface area (Å²) < 4.78 is 1.79. The van der Waals surface area contributed by atoms with E-state index in [0.717, 1.165) is 55.1 Å². The van der Waals surface area contributed by atoms with Crippen LogP contribution in [-0.2, 0) is 6.54 Å². The number of benzene rings is 1. The lowest BCUT2D eigenvalue weighted by Crippen LogP contribution is -2.46. The fourth-order valence-corrected chi connectivity index (χ4v) is 3.38. The van der Waals surface area contributed by atoms with Crippen molar-refractivity contribution in [1.29, 1.82) is 0 Å². The number of halogens is 1. The monoisotopic (exact) mass is 368 g/mol. The Labute approximate surface area is 158 Å². The van der Waals surface area contributed by atoms with Gasteiger partial charge in [-0.25, -0.2) is 14.6 Å². The molecule has 6 nitrogen and oxygen atoms in total. The minimum absolute atomic E-state index is 0.793. The summed E-state index contributed by atoms with van der Waals surface area (Å²) in [5, 5.41) is 5.26. The van der Waals surface area contributed by atoms with E-state index in [1.54, 1.807) is 11.0 Å². The van der Waals surface area contributed by atoms with E-state index in [2.05, 4.69) is 30.9 Å². The first-order valence-corrected chi connectivity index (χ1v) is 9.12. The van der Waals surface area contributed by atoms with Crippen LogP contribution in [0.4, 0.5) is 5.82 Å². The van der Waals surface area contributed by atoms with Crippen molar-refractivity contribution in [3.8, 4) is 5.82 Å². The van der Waals surface area contributed by atoms with E-state index in [1.165, 1.54) is 5.56 Å². The van der Waals surface area contributed by atoms with E-state index in [-0.39, 0.29) is 0 Å².